The minimum atomic E-state index is -4.58. The van der Waals surface area contributed by atoms with E-state index in [2.05, 4.69) is 48.2 Å². The van der Waals surface area contributed by atoms with E-state index in [1.807, 2.05) is 23.1 Å². The molecule has 0 aliphatic carbocycles. The van der Waals surface area contributed by atoms with Crippen molar-refractivity contribution < 1.29 is 17.9 Å². The first-order valence-corrected chi connectivity index (χ1v) is 15.3. The van der Waals surface area contributed by atoms with Crippen LogP contribution < -0.4 is 10.3 Å². The molecule has 230 valence electrons. The Morgan fingerprint density at radius 2 is 1.82 bits per heavy atom. The maximum Gasteiger partial charge on any atom is 0.417 e. The Bertz CT molecular complexity index is 1860. The van der Waals surface area contributed by atoms with Gasteiger partial charge in [0.15, 0.2) is 5.65 Å². The molecule has 0 unspecified atom stereocenters. The Labute approximate surface area is 261 Å². The molecule has 1 fully saturated rings. The zero-order chi connectivity index (χ0) is 31.0. The van der Waals surface area contributed by atoms with E-state index in [9.17, 15) is 13.2 Å². The highest BCUT2D eigenvalue weighted by atomic mass is 32.2. The number of nitrogens with one attached hydrogen (secondary N) is 2. The molecule has 7 rings (SSSR count). The summed E-state index contributed by atoms with van der Waals surface area (Å²) >= 11 is 1.46. The van der Waals surface area contributed by atoms with Crippen LogP contribution in [0.4, 0.5) is 24.5 Å². The monoisotopic (exact) mass is 630 g/mol. The highest BCUT2D eigenvalue weighted by Gasteiger charge is 2.37. The van der Waals surface area contributed by atoms with Crippen molar-refractivity contribution in [1.82, 2.24) is 25.5 Å². The number of H-pyrrole nitrogens is 1. The number of nitrogens with zero attached hydrogens (tertiary/aromatic N) is 6. The second-order valence-corrected chi connectivity index (χ2v) is 11.9. The molecule has 2 aromatic carbocycles. The molecule has 45 heavy (non-hydrogen) atoms. The lowest BCUT2D eigenvalue weighted by Crippen LogP contribution is -2.41. The Kier molecular flexibility index (Phi) is 7.90. The predicted octanol–water partition coefficient (Wildman–Crippen LogP) is 6.48. The molecule has 0 amide bonds. The Hall–Kier alpha value is -4.46. The van der Waals surface area contributed by atoms with Gasteiger partial charge >= 0.3 is 6.18 Å². The third-order valence-electron chi connectivity index (χ3n) is 7.93. The number of hydrazone groups is 1. The van der Waals surface area contributed by atoms with Crippen LogP contribution in [0, 0.1) is 0 Å². The summed E-state index contributed by atoms with van der Waals surface area (Å²) in [5.74, 6) is 0.422. The number of benzene rings is 2. The van der Waals surface area contributed by atoms with Gasteiger partial charge in [-0.15, -0.1) is 0 Å². The van der Waals surface area contributed by atoms with Gasteiger partial charge in [0.25, 0.3) is 0 Å². The topological polar surface area (TPSA) is 94.0 Å². The largest absolute Gasteiger partial charge is 0.417 e. The molecule has 0 saturated carbocycles. The van der Waals surface area contributed by atoms with E-state index in [4.69, 9.17) is 4.74 Å². The summed E-state index contributed by atoms with van der Waals surface area (Å²) in [5, 5.41) is 11.5. The fourth-order valence-corrected chi connectivity index (χ4v) is 6.80. The number of ether oxygens (including phenoxy) is 1. The van der Waals surface area contributed by atoms with Crippen LogP contribution in [0.1, 0.15) is 17.5 Å². The number of halogens is 3. The molecule has 9 nitrogen and oxygen atoms in total. The average molecular weight is 631 g/mol. The third-order valence-corrected chi connectivity index (χ3v) is 9.03. The lowest BCUT2D eigenvalue weighted by Gasteiger charge is -2.36. The predicted molar refractivity (Wildman–Crippen MR) is 171 cm³/mol. The van der Waals surface area contributed by atoms with Crippen molar-refractivity contribution in [3.8, 4) is 11.1 Å². The number of aromatic nitrogens is 3. The van der Waals surface area contributed by atoms with Gasteiger partial charge in [-0.2, -0.15) is 23.4 Å². The van der Waals surface area contributed by atoms with E-state index in [0.717, 1.165) is 39.7 Å². The van der Waals surface area contributed by atoms with Crippen molar-refractivity contribution >= 4 is 52.2 Å². The molecule has 13 heteroatoms. The van der Waals surface area contributed by atoms with Crippen LogP contribution >= 0.6 is 11.8 Å². The first-order chi connectivity index (χ1) is 21.8. The maximum atomic E-state index is 14.7. The minimum absolute atomic E-state index is 0.0773. The van der Waals surface area contributed by atoms with Crippen molar-refractivity contribution in [1.29, 1.82) is 0 Å². The van der Waals surface area contributed by atoms with Crippen molar-refractivity contribution in [2.75, 3.05) is 44.3 Å². The number of anilines is 2. The minimum Gasteiger partial charge on any atom is -0.379 e. The molecule has 0 bridgehead atoms. The van der Waals surface area contributed by atoms with Gasteiger partial charge in [0.05, 0.1) is 36.3 Å². The van der Waals surface area contributed by atoms with E-state index in [0.29, 0.717) is 60.8 Å². The molecule has 0 spiro atoms. The highest BCUT2D eigenvalue weighted by Crippen LogP contribution is 2.52. The lowest BCUT2D eigenvalue weighted by atomic mass is 9.98. The number of pyridine rings is 1. The molecule has 2 N–H and O–H groups in total. The summed E-state index contributed by atoms with van der Waals surface area (Å²) in [4.78, 5) is 14.7. The molecule has 5 heterocycles. The normalized spacial score (nSPS) is 19.8. The van der Waals surface area contributed by atoms with E-state index >= 15 is 0 Å². The van der Waals surface area contributed by atoms with Gasteiger partial charge in [-0.3, -0.25) is 15.4 Å². The Morgan fingerprint density at radius 1 is 0.978 bits per heavy atom. The average Bonchev–Trinajstić information content (AvgIpc) is 3.54. The molecule has 3 aliphatic heterocycles. The van der Waals surface area contributed by atoms with E-state index in [1.165, 1.54) is 24.0 Å². The zero-order valence-corrected chi connectivity index (χ0v) is 25.0. The quantitative estimate of drug-likeness (QED) is 0.261. The van der Waals surface area contributed by atoms with Crippen LogP contribution in [0.5, 0.6) is 0 Å². The fraction of sp³-hybridized carbons (Fsp3) is 0.250. The van der Waals surface area contributed by atoms with Gasteiger partial charge in [-0.25, -0.2) is 9.98 Å². The van der Waals surface area contributed by atoms with Crippen molar-refractivity contribution in [2.45, 2.75) is 22.4 Å². The SMILES string of the molecule is C=C1/N=C\C(c2ccc3c(c2)Sc2cc(-c4cnc5[nH]ncc5c4)c(C(F)(F)F)cc2N3CCN2CCOCC2)=C/C/C=N\N1. The molecule has 3 aliphatic rings. The summed E-state index contributed by atoms with van der Waals surface area (Å²) in [7, 11) is 0. The van der Waals surface area contributed by atoms with Gasteiger partial charge in [0.2, 0.25) is 0 Å². The molecule has 1 saturated heterocycles. The highest BCUT2D eigenvalue weighted by molar-refractivity contribution is 7.99. The standard InChI is InChI=1S/C32H29F3N8OS/c1-20-36-17-22(3-2-6-38-40-20)21-4-5-27-29(14-21)45-30-15-25(23-13-24-19-39-41-31(24)37-18-23)26(32(33,34)35)16-28(30)43(27)8-7-42-9-11-44-12-10-42/h3-6,13-19,40H,1-2,7-12H2,(H,37,39,41)/b22-3+,36-17-,38-6-. The summed E-state index contributed by atoms with van der Waals surface area (Å²) in [5.41, 5.74) is 6.27. The second-order valence-electron chi connectivity index (χ2n) is 10.8. The van der Waals surface area contributed by atoms with Gasteiger partial charge < -0.3 is 9.64 Å². The Balaban J connectivity index is 1.33. The molecule has 0 atom stereocenters. The first kappa shape index (κ1) is 29.3. The van der Waals surface area contributed by atoms with Gasteiger partial charge in [0.1, 0.15) is 5.82 Å². The summed E-state index contributed by atoms with van der Waals surface area (Å²) in [6.45, 7) is 7.93. The second kappa shape index (κ2) is 12.1. The lowest BCUT2D eigenvalue weighted by molar-refractivity contribution is -0.137. The van der Waals surface area contributed by atoms with Gasteiger partial charge in [0, 0.05) is 72.0 Å². The number of aromatic amines is 1. The Morgan fingerprint density at radius 3 is 2.67 bits per heavy atom. The van der Waals surface area contributed by atoms with Crippen LogP contribution in [0.25, 0.3) is 27.7 Å². The first-order valence-electron chi connectivity index (χ1n) is 14.5. The number of morpholine rings is 1. The number of hydrogen-bond donors (Lipinski definition) is 2. The van der Waals surface area contributed by atoms with Crippen LogP contribution in [0.2, 0.25) is 0 Å². The fourth-order valence-electron chi connectivity index (χ4n) is 5.65. The number of aliphatic imine (C=N–C) groups is 1. The molecule has 4 aromatic rings. The number of alkyl halides is 3. The van der Waals surface area contributed by atoms with E-state index < -0.39 is 11.7 Å². The maximum absolute atomic E-state index is 14.7. The molecule has 0 radical (unpaired) electrons. The zero-order valence-electron chi connectivity index (χ0n) is 24.1. The van der Waals surface area contributed by atoms with E-state index in [1.54, 1.807) is 30.8 Å². The molecular weight excluding hydrogens is 601 g/mol. The number of allylic oxidation sites excluding steroid dienone is 2. The van der Waals surface area contributed by atoms with Crippen LogP contribution in [0.3, 0.4) is 0 Å². The van der Waals surface area contributed by atoms with Crippen molar-refractivity contribution in [2.24, 2.45) is 10.1 Å². The summed E-state index contributed by atoms with van der Waals surface area (Å²) in [6.07, 6.45) is 4.55. The van der Waals surface area contributed by atoms with Gasteiger partial charge in [-0.05, 0) is 47.0 Å². The molecule has 2 aromatic heterocycles. The number of rotatable bonds is 5. The summed E-state index contributed by atoms with van der Waals surface area (Å²) in [6, 6.07) is 10.7. The summed E-state index contributed by atoms with van der Waals surface area (Å²) < 4.78 is 49.6. The smallest absolute Gasteiger partial charge is 0.379 e. The van der Waals surface area contributed by atoms with E-state index in [-0.39, 0.29) is 5.56 Å². The van der Waals surface area contributed by atoms with Crippen LogP contribution in [0.15, 0.2) is 87.2 Å². The van der Waals surface area contributed by atoms with Crippen molar-refractivity contribution in [3.63, 3.8) is 0 Å². The van der Waals surface area contributed by atoms with Crippen LogP contribution in [-0.2, 0) is 10.9 Å². The van der Waals surface area contributed by atoms with Crippen LogP contribution in [-0.4, -0.2) is 71.9 Å². The number of fused-ring (bicyclic) bond motifs is 3. The van der Waals surface area contributed by atoms with Gasteiger partial charge in [-0.1, -0.05) is 30.5 Å². The number of hydrogen-bond acceptors (Lipinski definition) is 9. The van der Waals surface area contributed by atoms with Crippen molar-refractivity contribution in [3.05, 3.63) is 78.4 Å². The third kappa shape index (κ3) is 6.10. The molecular formula is C32H29F3N8OS.